The van der Waals surface area contributed by atoms with Crippen molar-refractivity contribution in [1.82, 2.24) is 19.7 Å². The highest BCUT2D eigenvalue weighted by Gasteiger charge is 2.13. The molecule has 0 atom stereocenters. The number of halogens is 2. The normalized spacial score (nSPS) is 10.8. The Bertz CT molecular complexity index is 498. The molecule has 0 aromatic carbocycles. The van der Waals surface area contributed by atoms with Gasteiger partial charge in [0.25, 0.3) is 0 Å². The third kappa shape index (κ3) is 1.90. The van der Waals surface area contributed by atoms with Crippen molar-refractivity contribution in [3.05, 3.63) is 28.1 Å². The quantitative estimate of drug-likeness (QED) is 0.777. The molecule has 0 amide bonds. The minimum atomic E-state index is 0.402. The van der Waals surface area contributed by atoms with Crippen LogP contribution in [0, 0.1) is 0 Å². The zero-order valence-electron chi connectivity index (χ0n) is 8.91. The van der Waals surface area contributed by atoms with Gasteiger partial charge in [-0.1, -0.05) is 30.1 Å². The SMILES string of the molecule is CCc1c(Cl)nc(-c2ccnn2C)nc1Cl. The molecule has 4 nitrogen and oxygen atoms in total. The molecule has 2 heterocycles. The lowest BCUT2D eigenvalue weighted by Gasteiger charge is -2.06. The Morgan fingerprint density at radius 3 is 2.31 bits per heavy atom. The lowest BCUT2D eigenvalue weighted by molar-refractivity contribution is 0.769. The summed E-state index contributed by atoms with van der Waals surface area (Å²) in [6.07, 6.45) is 2.39. The molecular formula is C10H10Cl2N4. The van der Waals surface area contributed by atoms with Crippen molar-refractivity contribution in [2.45, 2.75) is 13.3 Å². The zero-order chi connectivity index (χ0) is 11.7. The van der Waals surface area contributed by atoms with Gasteiger partial charge in [-0.25, -0.2) is 9.97 Å². The molecule has 0 bridgehead atoms. The smallest absolute Gasteiger partial charge is 0.180 e. The van der Waals surface area contributed by atoms with Gasteiger partial charge in [-0.3, -0.25) is 4.68 Å². The van der Waals surface area contributed by atoms with Crippen LogP contribution in [0.2, 0.25) is 10.3 Å². The molecular weight excluding hydrogens is 247 g/mol. The van der Waals surface area contributed by atoms with Crippen LogP contribution in [0.3, 0.4) is 0 Å². The molecule has 2 aromatic heterocycles. The first-order chi connectivity index (χ1) is 7.63. The summed E-state index contributed by atoms with van der Waals surface area (Å²) in [7, 11) is 1.81. The Kier molecular flexibility index (Phi) is 3.12. The second-order valence-corrected chi connectivity index (χ2v) is 4.02. The fourth-order valence-electron chi connectivity index (χ4n) is 1.43. The molecule has 6 heteroatoms. The van der Waals surface area contributed by atoms with Crippen LogP contribution in [0.4, 0.5) is 0 Å². The van der Waals surface area contributed by atoms with Gasteiger partial charge in [-0.2, -0.15) is 5.10 Å². The van der Waals surface area contributed by atoms with Crippen LogP contribution >= 0.6 is 23.2 Å². The molecule has 0 aliphatic carbocycles. The van der Waals surface area contributed by atoms with E-state index in [9.17, 15) is 0 Å². The van der Waals surface area contributed by atoms with Gasteiger partial charge in [0.1, 0.15) is 16.0 Å². The van der Waals surface area contributed by atoms with Crippen molar-refractivity contribution in [2.75, 3.05) is 0 Å². The van der Waals surface area contributed by atoms with E-state index in [1.165, 1.54) is 0 Å². The van der Waals surface area contributed by atoms with Gasteiger partial charge >= 0.3 is 0 Å². The van der Waals surface area contributed by atoms with Gasteiger partial charge in [0.2, 0.25) is 0 Å². The number of aryl methyl sites for hydroxylation is 1. The predicted molar refractivity (Wildman–Crippen MR) is 63.6 cm³/mol. The molecule has 0 aliphatic heterocycles. The summed E-state index contributed by atoms with van der Waals surface area (Å²) in [5, 5.41) is 4.85. The number of hydrogen-bond donors (Lipinski definition) is 0. The van der Waals surface area contributed by atoms with Crippen molar-refractivity contribution < 1.29 is 0 Å². The highest BCUT2D eigenvalue weighted by Crippen LogP contribution is 2.25. The fraction of sp³-hybridized carbons (Fsp3) is 0.300. The second kappa shape index (κ2) is 4.39. The third-order valence-electron chi connectivity index (χ3n) is 2.31. The molecule has 0 saturated carbocycles. The van der Waals surface area contributed by atoms with Crippen LogP contribution in [-0.2, 0) is 13.5 Å². The number of hydrogen-bond acceptors (Lipinski definition) is 3. The first-order valence-electron chi connectivity index (χ1n) is 4.83. The fourth-order valence-corrected chi connectivity index (χ4v) is 2.09. The van der Waals surface area contributed by atoms with E-state index >= 15 is 0 Å². The van der Waals surface area contributed by atoms with Crippen LogP contribution < -0.4 is 0 Å². The minimum Gasteiger partial charge on any atom is -0.265 e. The van der Waals surface area contributed by atoms with Gasteiger partial charge in [-0.05, 0) is 12.5 Å². The average molecular weight is 257 g/mol. The molecule has 0 saturated heterocycles. The van der Waals surface area contributed by atoms with Gasteiger partial charge in [-0.15, -0.1) is 0 Å². The Hall–Kier alpha value is -1.13. The summed E-state index contributed by atoms with van der Waals surface area (Å²) in [5.74, 6) is 0.493. The minimum absolute atomic E-state index is 0.402. The maximum Gasteiger partial charge on any atom is 0.180 e. The van der Waals surface area contributed by atoms with Crippen molar-refractivity contribution >= 4 is 23.2 Å². The highest BCUT2D eigenvalue weighted by molar-refractivity contribution is 6.34. The number of rotatable bonds is 2. The molecule has 2 rings (SSSR count). The Balaban J connectivity index is 2.57. The topological polar surface area (TPSA) is 43.6 Å². The summed E-state index contributed by atoms with van der Waals surface area (Å²) >= 11 is 12.1. The van der Waals surface area contributed by atoms with Gasteiger partial charge in [0, 0.05) is 18.8 Å². The molecule has 0 N–H and O–H groups in total. The van der Waals surface area contributed by atoms with Gasteiger partial charge < -0.3 is 0 Å². The summed E-state index contributed by atoms with van der Waals surface area (Å²) in [6, 6.07) is 1.81. The average Bonchev–Trinajstić information content (AvgIpc) is 2.64. The van der Waals surface area contributed by atoms with Crippen molar-refractivity contribution in [3.63, 3.8) is 0 Å². The Morgan fingerprint density at radius 2 is 1.88 bits per heavy atom. The molecule has 0 radical (unpaired) electrons. The predicted octanol–water partition coefficient (Wildman–Crippen LogP) is 2.75. The number of aromatic nitrogens is 4. The molecule has 0 fully saturated rings. The van der Waals surface area contributed by atoms with Crippen molar-refractivity contribution in [2.24, 2.45) is 7.05 Å². The number of nitrogens with zero attached hydrogens (tertiary/aromatic N) is 4. The molecule has 0 unspecified atom stereocenters. The van der Waals surface area contributed by atoms with Crippen LogP contribution in [0.25, 0.3) is 11.5 Å². The van der Waals surface area contributed by atoms with Crippen LogP contribution in [0.5, 0.6) is 0 Å². The van der Waals surface area contributed by atoms with Crippen molar-refractivity contribution in [3.8, 4) is 11.5 Å². The van der Waals surface area contributed by atoms with Crippen LogP contribution in [-0.4, -0.2) is 19.7 Å². The van der Waals surface area contributed by atoms with E-state index < -0.39 is 0 Å². The van der Waals surface area contributed by atoms with Gasteiger partial charge in [0.15, 0.2) is 5.82 Å². The largest absolute Gasteiger partial charge is 0.265 e. The highest BCUT2D eigenvalue weighted by atomic mass is 35.5. The zero-order valence-corrected chi connectivity index (χ0v) is 10.4. The summed E-state index contributed by atoms with van der Waals surface area (Å²) in [6.45, 7) is 1.96. The third-order valence-corrected chi connectivity index (χ3v) is 2.94. The van der Waals surface area contributed by atoms with Crippen molar-refractivity contribution in [1.29, 1.82) is 0 Å². The molecule has 16 heavy (non-hydrogen) atoms. The molecule has 0 spiro atoms. The summed E-state index contributed by atoms with van der Waals surface area (Å²) < 4.78 is 1.67. The lowest BCUT2D eigenvalue weighted by atomic mass is 10.2. The van der Waals surface area contributed by atoms with Crippen LogP contribution in [0.15, 0.2) is 12.3 Å². The first kappa shape index (κ1) is 11.4. The maximum atomic E-state index is 6.04. The maximum absolute atomic E-state index is 6.04. The van der Waals surface area contributed by atoms with E-state index in [0.29, 0.717) is 22.6 Å². The van der Waals surface area contributed by atoms with E-state index in [1.54, 1.807) is 10.9 Å². The van der Waals surface area contributed by atoms with Crippen LogP contribution in [0.1, 0.15) is 12.5 Å². The van der Waals surface area contributed by atoms with E-state index in [-0.39, 0.29) is 0 Å². The second-order valence-electron chi connectivity index (χ2n) is 3.30. The van der Waals surface area contributed by atoms with E-state index in [4.69, 9.17) is 23.2 Å². The van der Waals surface area contributed by atoms with Gasteiger partial charge in [0.05, 0.1) is 0 Å². The summed E-state index contributed by atoms with van der Waals surface area (Å²) in [4.78, 5) is 8.43. The van der Waals surface area contributed by atoms with E-state index in [1.807, 2.05) is 20.0 Å². The Labute approximate surface area is 103 Å². The first-order valence-corrected chi connectivity index (χ1v) is 5.59. The molecule has 0 aliphatic rings. The lowest BCUT2D eigenvalue weighted by Crippen LogP contribution is -2.00. The monoisotopic (exact) mass is 256 g/mol. The molecule has 2 aromatic rings. The van der Waals surface area contributed by atoms with E-state index in [0.717, 1.165) is 11.3 Å². The Morgan fingerprint density at radius 1 is 1.25 bits per heavy atom. The standard InChI is InChI=1S/C10H10Cl2N4/c1-3-6-8(11)14-10(15-9(6)12)7-4-5-13-16(7)2/h4-5H,3H2,1-2H3. The van der Waals surface area contributed by atoms with E-state index in [2.05, 4.69) is 15.1 Å². The summed E-state index contributed by atoms with van der Waals surface area (Å²) in [5.41, 5.74) is 1.56. The molecule has 84 valence electrons.